The van der Waals surface area contributed by atoms with Gasteiger partial charge in [0, 0.05) is 32.1 Å². The van der Waals surface area contributed by atoms with Gasteiger partial charge in [-0.25, -0.2) is 0 Å². The number of phenolic OH excluding ortho intramolecular Hbond substituents is 1. The van der Waals surface area contributed by atoms with Crippen molar-refractivity contribution >= 4 is 12.2 Å². The molecule has 0 saturated carbocycles. The molecule has 1 N–H and O–H groups in total. The maximum atomic E-state index is 11.9. The molecular weight excluding hydrogens is 254 g/mol. The van der Waals surface area contributed by atoms with Gasteiger partial charge in [0.25, 0.3) is 5.91 Å². The zero-order chi connectivity index (χ0) is 14.5. The monoisotopic (exact) mass is 269 g/mol. The second-order valence-corrected chi connectivity index (χ2v) is 4.53. The number of carbonyl (C=O) groups excluding carboxylic acids is 1. The number of phenols is 1. The largest absolute Gasteiger partial charge is 0.508 e. The number of carbonyl (C=O) groups is 1. The van der Waals surface area contributed by atoms with Crippen molar-refractivity contribution in [2.75, 3.05) is 14.1 Å². The highest BCUT2D eigenvalue weighted by molar-refractivity contribution is 5.99. The number of nitrogens with zero attached hydrogens (tertiary/aromatic N) is 3. The van der Waals surface area contributed by atoms with Crippen molar-refractivity contribution < 1.29 is 9.90 Å². The second-order valence-electron chi connectivity index (χ2n) is 4.53. The molecule has 102 valence electrons. The van der Waals surface area contributed by atoms with Crippen LogP contribution in [0.15, 0.2) is 47.7 Å². The van der Waals surface area contributed by atoms with Gasteiger partial charge in [-0.1, -0.05) is 12.1 Å². The minimum absolute atomic E-state index is 0.171. The Morgan fingerprint density at radius 1 is 1.25 bits per heavy atom. The first-order valence-electron chi connectivity index (χ1n) is 6.05. The van der Waals surface area contributed by atoms with Crippen molar-refractivity contribution in [1.29, 1.82) is 0 Å². The minimum Gasteiger partial charge on any atom is -0.508 e. The van der Waals surface area contributed by atoms with E-state index in [1.807, 2.05) is 6.07 Å². The van der Waals surface area contributed by atoms with E-state index >= 15 is 0 Å². The number of amides is 1. The Morgan fingerprint density at radius 3 is 2.75 bits per heavy atom. The van der Waals surface area contributed by atoms with Crippen LogP contribution in [0.25, 0.3) is 11.1 Å². The van der Waals surface area contributed by atoms with E-state index in [4.69, 9.17) is 0 Å². The van der Waals surface area contributed by atoms with E-state index < -0.39 is 0 Å². The summed E-state index contributed by atoms with van der Waals surface area (Å²) in [6, 6.07) is 8.50. The summed E-state index contributed by atoms with van der Waals surface area (Å²) in [5, 5.41) is 9.48. The third-order valence-electron chi connectivity index (χ3n) is 2.57. The Morgan fingerprint density at radius 2 is 2.05 bits per heavy atom. The van der Waals surface area contributed by atoms with Crippen molar-refractivity contribution in [2.24, 2.45) is 4.99 Å². The van der Waals surface area contributed by atoms with Crippen LogP contribution >= 0.6 is 0 Å². The van der Waals surface area contributed by atoms with E-state index in [0.717, 1.165) is 11.1 Å². The number of hydrogen-bond donors (Lipinski definition) is 1. The number of aromatic nitrogens is 1. The quantitative estimate of drug-likeness (QED) is 0.685. The van der Waals surface area contributed by atoms with Crippen molar-refractivity contribution in [1.82, 2.24) is 9.88 Å². The first-order chi connectivity index (χ1) is 9.56. The molecule has 5 nitrogen and oxygen atoms in total. The van der Waals surface area contributed by atoms with Crippen molar-refractivity contribution in [3.05, 3.63) is 48.3 Å². The lowest BCUT2D eigenvalue weighted by molar-refractivity contribution is 0.100. The zero-order valence-corrected chi connectivity index (χ0v) is 11.3. The molecule has 0 aliphatic heterocycles. The van der Waals surface area contributed by atoms with Crippen molar-refractivity contribution in [2.45, 2.75) is 0 Å². The average molecular weight is 269 g/mol. The Labute approximate surface area is 117 Å². The first-order valence-corrected chi connectivity index (χ1v) is 6.05. The molecule has 0 unspecified atom stereocenters. The maximum absolute atomic E-state index is 11.9. The lowest BCUT2D eigenvalue weighted by atomic mass is 10.1. The van der Waals surface area contributed by atoms with E-state index in [1.165, 1.54) is 12.5 Å². The van der Waals surface area contributed by atoms with Crippen LogP contribution in [0.2, 0.25) is 0 Å². The molecule has 0 bridgehead atoms. The van der Waals surface area contributed by atoms with Gasteiger partial charge in [0.2, 0.25) is 0 Å². The van der Waals surface area contributed by atoms with E-state index in [9.17, 15) is 9.90 Å². The lowest BCUT2D eigenvalue weighted by Gasteiger charge is -2.04. The molecule has 0 aliphatic carbocycles. The molecule has 1 aromatic carbocycles. The summed E-state index contributed by atoms with van der Waals surface area (Å²) in [4.78, 5) is 21.4. The molecule has 2 aromatic rings. The number of pyridine rings is 1. The standard InChI is InChI=1S/C15H15N3O2/c1-18(2)10-17-15(20)13-6-12(8-16-9-13)11-4-3-5-14(19)7-11/h3-10,19H,1-2H3. The molecule has 0 fully saturated rings. The fourth-order valence-corrected chi connectivity index (χ4v) is 1.64. The van der Waals surface area contributed by atoms with Crippen LogP contribution in [-0.4, -0.2) is 41.3 Å². The summed E-state index contributed by atoms with van der Waals surface area (Å²) >= 11 is 0. The van der Waals surface area contributed by atoms with Crippen LogP contribution in [-0.2, 0) is 0 Å². The summed E-state index contributed by atoms with van der Waals surface area (Å²) in [6.07, 6.45) is 4.56. The smallest absolute Gasteiger partial charge is 0.279 e. The molecule has 2 rings (SSSR count). The Bertz CT molecular complexity index is 651. The Hall–Kier alpha value is -2.69. The predicted octanol–water partition coefficient (Wildman–Crippen LogP) is 2.18. The van der Waals surface area contributed by atoms with Gasteiger partial charge in [0.05, 0.1) is 11.9 Å². The van der Waals surface area contributed by atoms with E-state index in [-0.39, 0.29) is 11.7 Å². The number of aromatic hydroxyl groups is 1. The Balaban J connectivity index is 2.31. The molecular formula is C15H15N3O2. The van der Waals surface area contributed by atoms with Crippen LogP contribution < -0.4 is 0 Å². The highest BCUT2D eigenvalue weighted by atomic mass is 16.3. The highest BCUT2D eigenvalue weighted by Gasteiger charge is 2.07. The second kappa shape index (κ2) is 5.97. The van der Waals surface area contributed by atoms with E-state index in [0.29, 0.717) is 5.56 Å². The normalized spacial score (nSPS) is 10.7. The van der Waals surface area contributed by atoms with Gasteiger partial charge >= 0.3 is 0 Å². The molecule has 0 spiro atoms. The lowest BCUT2D eigenvalue weighted by Crippen LogP contribution is -2.09. The molecule has 20 heavy (non-hydrogen) atoms. The van der Waals surface area contributed by atoms with Crippen LogP contribution in [0.5, 0.6) is 5.75 Å². The molecule has 1 aromatic heterocycles. The van der Waals surface area contributed by atoms with Gasteiger partial charge in [-0.15, -0.1) is 0 Å². The zero-order valence-electron chi connectivity index (χ0n) is 11.3. The number of benzene rings is 1. The van der Waals surface area contributed by atoms with Gasteiger partial charge in [0.1, 0.15) is 5.75 Å². The SMILES string of the molecule is CN(C)C=NC(=O)c1cncc(-c2cccc(O)c2)c1. The third kappa shape index (κ3) is 3.41. The fraction of sp³-hybridized carbons (Fsp3) is 0.133. The van der Waals surface area contributed by atoms with Crippen LogP contribution in [0, 0.1) is 0 Å². The van der Waals surface area contributed by atoms with E-state index in [1.54, 1.807) is 49.5 Å². The van der Waals surface area contributed by atoms with Gasteiger partial charge in [-0.2, -0.15) is 4.99 Å². The summed E-state index contributed by atoms with van der Waals surface area (Å²) < 4.78 is 0. The maximum Gasteiger partial charge on any atom is 0.279 e. The first kappa shape index (κ1) is 13.7. The minimum atomic E-state index is -0.354. The summed E-state index contributed by atoms with van der Waals surface area (Å²) in [7, 11) is 3.58. The summed E-state index contributed by atoms with van der Waals surface area (Å²) in [5.41, 5.74) is 1.96. The van der Waals surface area contributed by atoms with Gasteiger partial charge < -0.3 is 10.0 Å². The molecule has 0 radical (unpaired) electrons. The summed E-state index contributed by atoms with van der Waals surface area (Å²) in [5.74, 6) is -0.182. The van der Waals surface area contributed by atoms with Crippen LogP contribution in [0.3, 0.4) is 0 Å². The Kier molecular flexibility index (Phi) is 4.10. The predicted molar refractivity (Wildman–Crippen MR) is 77.8 cm³/mol. The highest BCUT2D eigenvalue weighted by Crippen LogP contribution is 2.23. The van der Waals surface area contributed by atoms with E-state index in [2.05, 4.69) is 9.98 Å². The van der Waals surface area contributed by atoms with Crippen molar-refractivity contribution in [3.8, 4) is 16.9 Å². The average Bonchev–Trinajstić information content (AvgIpc) is 2.45. The van der Waals surface area contributed by atoms with Crippen molar-refractivity contribution in [3.63, 3.8) is 0 Å². The number of aliphatic imine (C=N–C) groups is 1. The molecule has 0 aliphatic rings. The van der Waals surface area contributed by atoms with Gasteiger partial charge in [-0.3, -0.25) is 9.78 Å². The third-order valence-corrected chi connectivity index (χ3v) is 2.57. The molecule has 5 heteroatoms. The molecule has 1 amide bonds. The topological polar surface area (TPSA) is 65.8 Å². The molecule has 0 saturated heterocycles. The van der Waals surface area contributed by atoms with Crippen LogP contribution in [0.4, 0.5) is 0 Å². The molecule has 1 heterocycles. The van der Waals surface area contributed by atoms with Gasteiger partial charge in [0.15, 0.2) is 0 Å². The summed E-state index contributed by atoms with van der Waals surface area (Å²) in [6.45, 7) is 0. The molecule has 0 atom stereocenters. The van der Waals surface area contributed by atoms with Gasteiger partial charge in [-0.05, 0) is 23.8 Å². The number of hydrogen-bond acceptors (Lipinski definition) is 3. The number of rotatable bonds is 3. The van der Waals surface area contributed by atoms with Crippen LogP contribution in [0.1, 0.15) is 10.4 Å². The fourth-order valence-electron chi connectivity index (χ4n) is 1.64.